The van der Waals surface area contributed by atoms with E-state index in [2.05, 4.69) is 191 Å². The average molecular weight is 799 g/mol. The van der Waals surface area contributed by atoms with Crippen LogP contribution in [0.1, 0.15) is 0 Å². The molecule has 0 aliphatic carbocycles. The van der Waals surface area contributed by atoms with Crippen LogP contribution in [0.15, 0.2) is 182 Å². The Morgan fingerprint density at radius 2 is 1.03 bits per heavy atom. The summed E-state index contributed by atoms with van der Waals surface area (Å²) in [5.41, 5.74) is 8.86. The highest BCUT2D eigenvalue weighted by molar-refractivity contribution is 7.27. The van der Waals surface area contributed by atoms with E-state index in [0.29, 0.717) is 5.95 Å². The first-order chi connectivity index (χ1) is 29.8. The van der Waals surface area contributed by atoms with Gasteiger partial charge >= 0.3 is 0 Å². The maximum atomic E-state index is 5.63. The highest BCUT2D eigenvalue weighted by Gasteiger charge is 2.26. The lowest BCUT2D eigenvalue weighted by atomic mass is 9.99. The molecule has 14 aromatic rings. The predicted molar refractivity (Wildman–Crippen MR) is 257 cm³/mol. The lowest BCUT2D eigenvalue weighted by molar-refractivity contribution is 1.02. The summed E-state index contributed by atoms with van der Waals surface area (Å²) in [6, 6.07) is 66.0. The van der Waals surface area contributed by atoms with E-state index in [9.17, 15) is 0 Å². The molecule has 0 amide bonds. The van der Waals surface area contributed by atoms with E-state index in [0.717, 1.165) is 32.5 Å². The molecule has 0 saturated carbocycles. The number of thiophene rings is 2. The highest BCUT2D eigenvalue weighted by Crippen LogP contribution is 2.50. The predicted octanol–water partition coefficient (Wildman–Crippen LogP) is 15.4. The van der Waals surface area contributed by atoms with Gasteiger partial charge in [-0.2, -0.15) is 0 Å². The molecule has 0 saturated heterocycles. The SMILES string of the molecule is c1ccc(-c2nc(-n3c4ccccc4c4c5sc6cc7c(cc6c5c5ccccc5c43)c3ccccc3n7-c3ccccc3)nc3c2sc2ccc4ccccc4c23)cc1. The van der Waals surface area contributed by atoms with Crippen LogP contribution in [0.5, 0.6) is 0 Å². The van der Waals surface area contributed by atoms with Crippen LogP contribution in [0.2, 0.25) is 0 Å². The molecule has 0 atom stereocenters. The quantitative estimate of drug-likeness (QED) is 0.178. The van der Waals surface area contributed by atoms with Gasteiger partial charge in [0.1, 0.15) is 0 Å². The van der Waals surface area contributed by atoms with Gasteiger partial charge in [-0.05, 0) is 58.6 Å². The third-order valence-electron chi connectivity index (χ3n) is 12.5. The number of fused-ring (bicyclic) bond motifs is 18. The Labute approximate surface area is 350 Å². The standard InChI is InChI=1S/C54H30N4S2/c1-3-16-32(17-4-1)49-53-50(47-34-20-8-7-15-31(34)27-28-44(47)59-53)56-54(55-49)58-42-26-14-12-24-38(42)48-51(58)37-23-10-9-22-36(37)46-40-29-39-35-21-11-13-25-41(35)57(33-18-5-2-6-19-33)43(39)30-45(40)60-52(46)48/h1-30H. The van der Waals surface area contributed by atoms with Gasteiger partial charge in [-0.3, -0.25) is 4.57 Å². The molecule has 0 aliphatic rings. The third kappa shape index (κ3) is 4.33. The first kappa shape index (κ1) is 32.6. The lowest BCUT2D eigenvalue weighted by Gasteiger charge is -2.12. The third-order valence-corrected chi connectivity index (χ3v) is 14.8. The number of benzene rings is 9. The van der Waals surface area contributed by atoms with Crippen LogP contribution in [0, 0.1) is 0 Å². The molecule has 4 nitrogen and oxygen atoms in total. The molecule has 9 aromatic carbocycles. The maximum Gasteiger partial charge on any atom is 0.235 e. The number of hydrogen-bond acceptors (Lipinski definition) is 4. The number of aromatic nitrogens is 4. The van der Waals surface area contributed by atoms with Crippen LogP contribution in [-0.4, -0.2) is 19.1 Å². The van der Waals surface area contributed by atoms with Crippen molar-refractivity contribution in [3.63, 3.8) is 0 Å². The topological polar surface area (TPSA) is 35.6 Å². The molecule has 5 aromatic heterocycles. The summed E-state index contributed by atoms with van der Waals surface area (Å²) < 4.78 is 9.65. The van der Waals surface area contributed by atoms with Crippen LogP contribution in [0.3, 0.4) is 0 Å². The fraction of sp³-hybridized carbons (Fsp3) is 0. The zero-order valence-electron chi connectivity index (χ0n) is 31.9. The molecule has 60 heavy (non-hydrogen) atoms. The fourth-order valence-electron chi connectivity index (χ4n) is 9.99. The normalized spacial score (nSPS) is 12.3. The van der Waals surface area contributed by atoms with Crippen molar-refractivity contribution in [3.8, 4) is 22.9 Å². The Morgan fingerprint density at radius 1 is 0.383 bits per heavy atom. The van der Waals surface area contributed by atoms with Crippen molar-refractivity contribution in [2.75, 3.05) is 0 Å². The van der Waals surface area contributed by atoms with E-state index in [-0.39, 0.29) is 0 Å². The summed E-state index contributed by atoms with van der Waals surface area (Å²) in [5, 5.41) is 13.6. The van der Waals surface area contributed by atoms with Crippen molar-refractivity contribution in [1.29, 1.82) is 0 Å². The van der Waals surface area contributed by atoms with Crippen LogP contribution in [0.4, 0.5) is 0 Å². The molecule has 0 N–H and O–H groups in total. The van der Waals surface area contributed by atoms with Gasteiger partial charge in [-0.1, -0.05) is 140 Å². The van der Waals surface area contributed by atoms with Crippen LogP contribution in [-0.2, 0) is 0 Å². The molecule has 0 unspecified atom stereocenters. The lowest BCUT2D eigenvalue weighted by Crippen LogP contribution is -2.03. The summed E-state index contributed by atoms with van der Waals surface area (Å²) in [4.78, 5) is 11.2. The fourth-order valence-corrected chi connectivity index (χ4v) is 12.4. The second kappa shape index (κ2) is 12.1. The minimum Gasteiger partial charge on any atom is -0.309 e. The van der Waals surface area contributed by atoms with Gasteiger partial charge in [-0.25, -0.2) is 9.97 Å². The van der Waals surface area contributed by atoms with Crippen LogP contribution < -0.4 is 0 Å². The van der Waals surface area contributed by atoms with Crippen molar-refractivity contribution in [1.82, 2.24) is 19.1 Å². The molecule has 0 radical (unpaired) electrons. The minimum absolute atomic E-state index is 0.680. The highest BCUT2D eigenvalue weighted by atomic mass is 32.1. The smallest absolute Gasteiger partial charge is 0.235 e. The van der Waals surface area contributed by atoms with Crippen molar-refractivity contribution in [2.45, 2.75) is 0 Å². The van der Waals surface area contributed by atoms with Crippen LogP contribution >= 0.6 is 22.7 Å². The van der Waals surface area contributed by atoms with Crippen molar-refractivity contribution < 1.29 is 0 Å². The van der Waals surface area contributed by atoms with Crippen molar-refractivity contribution >= 4 is 128 Å². The zero-order chi connectivity index (χ0) is 39.1. The molecule has 5 heterocycles. The van der Waals surface area contributed by atoms with Gasteiger partial charge in [0.25, 0.3) is 0 Å². The summed E-state index contributed by atoms with van der Waals surface area (Å²) in [7, 11) is 0. The monoisotopic (exact) mass is 798 g/mol. The first-order valence-electron chi connectivity index (χ1n) is 20.2. The van der Waals surface area contributed by atoms with Crippen LogP contribution in [0.25, 0.3) is 129 Å². The first-order valence-corrected chi connectivity index (χ1v) is 21.9. The Balaban J connectivity index is 1.15. The van der Waals surface area contributed by atoms with E-state index >= 15 is 0 Å². The molecule has 0 aliphatic heterocycles. The number of nitrogens with zero attached hydrogens (tertiary/aromatic N) is 4. The summed E-state index contributed by atoms with van der Waals surface area (Å²) in [5.74, 6) is 0.680. The van der Waals surface area contributed by atoms with E-state index < -0.39 is 0 Å². The molecule has 14 rings (SSSR count). The van der Waals surface area contributed by atoms with E-state index in [1.54, 1.807) is 11.3 Å². The molecule has 278 valence electrons. The molecular weight excluding hydrogens is 769 g/mol. The van der Waals surface area contributed by atoms with E-state index in [1.165, 1.54) is 90.1 Å². The Morgan fingerprint density at radius 3 is 1.85 bits per heavy atom. The Hall–Kier alpha value is -7.38. The van der Waals surface area contributed by atoms with Gasteiger partial charge in [0, 0.05) is 68.4 Å². The van der Waals surface area contributed by atoms with Gasteiger partial charge in [0.2, 0.25) is 5.95 Å². The van der Waals surface area contributed by atoms with Gasteiger partial charge < -0.3 is 4.57 Å². The second-order valence-corrected chi connectivity index (χ2v) is 17.8. The molecule has 0 fully saturated rings. The summed E-state index contributed by atoms with van der Waals surface area (Å²) in [6.45, 7) is 0. The van der Waals surface area contributed by atoms with Crippen molar-refractivity contribution in [3.05, 3.63) is 182 Å². The van der Waals surface area contributed by atoms with E-state index in [1.807, 2.05) is 11.3 Å². The number of hydrogen-bond donors (Lipinski definition) is 0. The second-order valence-electron chi connectivity index (χ2n) is 15.7. The largest absolute Gasteiger partial charge is 0.309 e. The van der Waals surface area contributed by atoms with E-state index in [4.69, 9.17) is 9.97 Å². The molecule has 0 spiro atoms. The molecular formula is C54H30N4S2. The van der Waals surface area contributed by atoms with Crippen molar-refractivity contribution in [2.24, 2.45) is 0 Å². The number of rotatable bonds is 3. The summed E-state index contributed by atoms with van der Waals surface area (Å²) in [6.07, 6.45) is 0. The van der Waals surface area contributed by atoms with Gasteiger partial charge in [-0.15, -0.1) is 22.7 Å². The Kier molecular flexibility index (Phi) is 6.56. The van der Waals surface area contributed by atoms with Gasteiger partial charge in [0.15, 0.2) is 0 Å². The Bertz CT molecular complexity index is 4120. The minimum atomic E-state index is 0.680. The maximum absolute atomic E-state index is 5.63. The zero-order valence-corrected chi connectivity index (χ0v) is 33.6. The molecule has 6 heteroatoms. The van der Waals surface area contributed by atoms with Gasteiger partial charge in [0.05, 0.1) is 38.0 Å². The number of para-hydroxylation sites is 3. The molecule has 0 bridgehead atoms. The average Bonchev–Trinajstić information content (AvgIpc) is 4.06. The summed E-state index contributed by atoms with van der Waals surface area (Å²) >= 11 is 3.68.